The molecule has 2 rings (SSSR count). The van der Waals surface area contributed by atoms with Gasteiger partial charge in [-0.15, -0.1) is 0 Å². The number of benzene rings is 1. The number of hydrogen-bond donors (Lipinski definition) is 1. The van der Waals surface area contributed by atoms with Crippen molar-refractivity contribution in [3.8, 4) is 0 Å². The highest BCUT2D eigenvalue weighted by atomic mass is 35.5. The monoisotopic (exact) mass is 332 g/mol. The summed E-state index contributed by atoms with van der Waals surface area (Å²) in [6, 6.07) is 8.70. The molecule has 1 N–H and O–H groups in total. The first-order valence-electron chi connectivity index (χ1n) is 7.78. The molecule has 6 heteroatoms. The number of rotatable bonds is 7. The molecule has 1 aromatic carbocycles. The molecule has 1 aromatic heterocycles. The summed E-state index contributed by atoms with van der Waals surface area (Å²) in [5.74, 6) is 0.522. The topological polar surface area (TPSA) is 58.1 Å². The van der Waals surface area contributed by atoms with Crippen molar-refractivity contribution >= 4 is 29.0 Å². The van der Waals surface area contributed by atoms with E-state index in [4.69, 9.17) is 11.6 Å². The van der Waals surface area contributed by atoms with Crippen LogP contribution in [-0.2, 0) is 0 Å². The molecule has 0 saturated carbocycles. The van der Waals surface area contributed by atoms with Gasteiger partial charge in [0.05, 0.1) is 0 Å². The predicted octanol–water partition coefficient (Wildman–Crippen LogP) is 4.01. The van der Waals surface area contributed by atoms with Crippen LogP contribution in [0, 0.1) is 0 Å². The van der Waals surface area contributed by atoms with E-state index in [0.29, 0.717) is 16.4 Å². The minimum Gasteiger partial charge on any atom is -0.357 e. The van der Waals surface area contributed by atoms with Crippen LogP contribution in [0.5, 0.6) is 0 Å². The van der Waals surface area contributed by atoms with Gasteiger partial charge in [-0.25, -0.2) is 9.97 Å². The molecule has 0 aliphatic carbocycles. The molecule has 1 amide bonds. The number of carbonyl (C=O) groups is 1. The van der Waals surface area contributed by atoms with Crippen LogP contribution in [0.2, 0.25) is 5.02 Å². The molecule has 0 aliphatic rings. The maximum Gasteiger partial charge on any atom is 0.274 e. The molecular weight excluding hydrogens is 312 g/mol. The van der Waals surface area contributed by atoms with Gasteiger partial charge in [-0.2, -0.15) is 0 Å². The Labute approximate surface area is 141 Å². The van der Waals surface area contributed by atoms with Gasteiger partial charge in [-0.1, -0.05) is 25.4 Å². The van der Waals surface area contributed by atoms with Crippen molar-refractivity contribution in [3.63, 3.8) is 0 Å². The fourth-order valence-electron chi connectivity index (χ4n) is 2.25. The molecule has 0 aliphatic heterocycles. The van der Waals surface area contributed by atoms with Gasteiger partial charge < -0.3 is 10.2 Å². The second-order valence-electron chi connectivity index (χ2n) is 5.21. The lowest BCUT2D eigenvalue weighted by Gasteiger charge is -2.22. The van der Waals surface area contributed by atoms with Crippen LogP contribution >= 0.6 is 11.6 Å². The van der Waals surface area contributed by atoms with Crippen molar-refractivity contribution in [2.24, 2.45) is 0 Å². The zero-order valence-corrected chi connectivity index (χ0v) is 14.2. The Morgan fingerprint density at radius 2 is 1.78 bits per heavy atom. The van der Waals surface area contributed by atoms with Crippen molar-refractivity contribution in [3.05, 3.63) is 47.4 Å². The summed E-state index contributed by atoms with van der Waals surface area (Å²) in [6.07, 6.45) is 3.48. The average Bonchev–Trinajstić information content (AvgIpc) is 2.57. The van der Waals surface area contributed by atoms with Crippen LogP contribution in [0.15, 0.2) is 36.7 Å². The first-order chi connectivity index (χ1) is 11.1. The summed E-state index contributed by atoms with van der Waals surface area (Å²) in [5.41, 5.74) is 1.03. The molecule has 0 radical (unpaired) electrons. The molecule has 5 nitrogen and oxygen atoms in total. The SMILES string of the molecule is CCCN(CCC)c1cc(C(=O)Nc2ccc(Cl)cc2)ncn1. The molecule has 0 bridgehead atoms. The summed E-state index contributed by atoms with van der Waals surface area (Å²) in [7, 11) is 0. The Morgan fingerprint density at radius 3 is 2.39 bits per heavy atom. The Kier molecular flexibility index (Phi) is 6.35. The number of halogens is 1. The highest BCUT2D eigenvalue weighted by molar-refractivity contribution is 6.30. The minimum absolute atomic E-state index is 0.260. The third-order valence-corrected chi connectivity index (χ3v) is 3.55. The van der Waals surface area contributed by atoms with Gasteiger partial charge in [-0.05, 0) is 37.1 Å². The molecular formula is C17H21ClN4O. The van der Waals surface area contributed by atoms with Gasteiger partial charge in [-0.3, -0.25) is 4.79 Å². The quantitative estimate of drug-likeness (QED) is 0.832. The smallest absolute Gasteiger partial charge is 0.274 e. The third-order valence-electron chi connectivity index (χ3n) is 3.30. The first kappa shape index (κ1) is 17.2. The van der Waals surface area contributed by atoms with Gasteiger partial charge in [0.2, 0.25) is 0 Å². The van der Waals surface area contributed by atoms with E-state index in [1.54, 1.807) is 30.3 Å². The van der Waals surface area contributed by atoms with E-state index in [9.17, 15) is 4.79 Å². The molecule has 0 atom stereocenters. The Morgan fingerprint density at radius 1 is 1.13 bits per heavy atom. The van der Waals surface area contributed by atoms with E-state index in [1.807, 2.05) is 0 Å². The maximum absolute atomic E-state index is 12.3. The van der Waals surface area contributed by atoms with E-state index in [2.05, 4.69) is 34.0 Å². The molecule has 1 heterocycles. The molecule has 122 valence electrons. The summed E-state index contributed by atoms with van der Waals surface area (Å²) in [6.45, 7) is 6.06. The maximum atomic E-state index is 12.3. The number of carbonyl (C=O) groups excluding carboxylic acids is 1. The summed E-state index contributed by atoms with van der Waals surface area (Å²) in [4.78, 5) is 22.9. The number of nitrogens with zero attached hydrogens (tertiary/aromatic N) is 3. The van der Waals surface area contributed by atoms with Gasteiger partial charge in [0, 0.05) is 29.9 Å². The highest BCUT2D eigenvalue weighted by Gasteiger charge is 2.12. The van der Waals surface area contributed by atoms with Gasteiger partial charge in [0.25, 0.3) is 5.91 Å². The second kappa shape index (κ2) is 8.48. The van der Waals surface area contributed by atoms with E-state index in [1.165, 1.54) is 6.33 Å². The van der Waals surface area contributed by atoms with Crippen molar-refractivity contribution in [2.75, 3.05) is 23.3 Å². The number of hydrogen-bond acceptors (Lipinski definition) is 4. The molecule has 0 unspecified atom stereocenters. The normalized spacial score (nSPS) is 10.4. The predicted molar refractivity (Wildman–Crippen MR) is 94.2 cm³/mol. The lowest BCUT2D eigenvalue weighted by molar-refractivity contribution is 0.102. The van der Waals surface area contributed by atoms with Gasteiger partial charge in [0.15, 0.2) is 0 Å². The largest absolute Gasteiger partial charge is 0.357 e. The third kappa shape index (κ3) is 4.93. The van der Waals surface area contributed by atoms with E-state index < -0.39 is 0 Å². The van der Waals surface area contributed by atoms with Crippen molar-refractivity contribution in [1.29, 1.82) is 0 Å². The molecule has 0 spiro atoms. The number of aromatic nitrogens is 2. The standard InChI is InChI=1S/C17H21ClN4O/c1-3-9-22(10-4-2)16-11-15(19-12-20-16)17(23)21-14-7-5-13(18)6-8-14/h5-8,11-12H,3-4,9-10H2,1-2H3,(H,21,23). The van der Waals surface area contributed by atoms with Gasteiger partial charge in [0.1, 0.15) is 17.8 Å². The van der Waals surface area contributed by atoms with Crippen LogP contribution in [0.4, 0.5) is 11.5 Å². The van der Waals surface area contributed by atoms with E-state index in [-0.39, 0.29) is 5.91 Å². The lowest BCUT2D eigenvalue weighted by Crippen LogP contribution is -2.26. The zero-order chi connectivity index (χ0) is 16.7. The van der Waals surface area contributed by atoms with Crippen molar-refractivity contribution < 1.29 is 4.79 Å². The highest BCUT2D eigenvalue weighted by Crippen LogP contribution is 2.16. The molecule has 23 heavy (non-hydrogen) atoms. The fraction of sp³-hybridized carbons (Fsp3) is 0.353. The van der Waals surface area contributed by atoms with Crippen molar-refractivity contribution in [2.45, 2.75) is 26.7 Å². The van der Waals surface area contributed by atoms with E-state index >= 15 is 0 Å². The first-order valence-corrected chi connectivity index (χ1v) is 8.15. The van der Waals surface area contributed by atoms with E-state index in [0.717, 1.165) is 31.7 Å². The number of anilines is 2. The van der Waals surface area contributed by atoms with Crippen LogP contribution in [-0.4, -0.2) is 29.0 Å². The summed E-state index contributed by atoms with van der Waals surface area (Å²) < 4.78 is 0. The Bertz CT molecular complexity index is 639. The zero-order valence-electron chi connectivity index (χ0n) is 13.4. The molecule has 0 saturated heterocycles. The summed E-state index contributed by atoms with van der Waals surface area (Å²) >= 11 is 5.84. The lowest BCUT2D eigenvalue weighted by atomic mass is 10.3. The molecule has 2 aromatic rings. The van der Waals surface area contributed by atoms with Crippen LogP contribution in [0.1, 0.15) is 37.2 Å². The Hall–Kier alpha value is -2.14. The van der Waals surface area contributed by atoms with Crippen LogP contribution in [0.3, 0.4) is 0 Å². The number of nitrogens with one attached hydrogen (secondary N) is 1. The number of amides is 1. The van der Waals surface area contributed by atoms with Crippen molar-refractivity contribution in [1.82, 2.24) is 9.97 Å². The fourth-order valence-corrected chi connectivity index (χ4v) is 2.38. The average molecular weight is 333 g/mol. The second-order valence-corrected chi connectivity index (χ2v) is 5.65. The minimum atomic E-state index is -0.260. The van der Waals surface area contributed by atoms with Crippen LogP contribution < -0.4 is 10.2 Å². The Balaban J connectivity index is 2.14. The van der Waals surface area contributed by atoms with Crippen LogP contribution in [0.25, 0.3) is 0 Å². The molecule has 0 fully saturated rings. The summed E-state index contributed by atoms with van der Waals surface area (Å²) in [5, 5.41) is 3.44. The van der Waals surface area contributed by atoms with Gasteiger partial charge >= 0.3 is 0 Å².